The Morgan fingerprint density at radius 3 is 2.54 bits per heavy atom. The van der Waals surface area contributed by atoms with Crippen LogP contribution in [-0.2, 0) is 15.3 Å². The fourth-order valence-corrected chi connectivity index (χ4v) is 5.21. The normalized spacial score (nSPS) is 21.2. The molecule has 2 amide bonds. The molecule has 5 rings (SSSR count). The standard InChI is InChI=1S/C29H31Cl2N5O5/c1-29(26-11-4-21(30)16-27(26)31)40-19-25(41-29)18-39-24-9-5-22(6-10-24)35-12-14-36(15-13-35)34-28(38)33-32-17-20-2-7-23(37)8-3-20/h2-11,16-17,25,37H,12-15,18-19H2,1H3,(H2,33,34,38)/t25-,29+/m1/s1. The minimum atomic E-state index is -0.960. The molecule has 41 heavy (non-hydrogen) atoms. The maximum atomic E-state index is 12.2. The van der Waals surface area contributed by atoms with Crippen LogP contribution in [0.2, 0.25) is 10.0 Å². The number of nitrogens with one attached hydrogen (secondary N) is 2. The molecule has 0 unspecified atom stereocenters. The van der Waals surface area contributed by atoms with Gasteiger partial charge in [0.1, 0.15) is 24.2 Å². The fraction of sp³-hybridized carbons (Fsp3) is 0.310. The van der Waals surface area contributed by atoms with E-state index in [4.69, 9.17) is 37.4 Å². The number of piperazine rings is 1. The first-order valence-corrected chi connectivity index (χ1v) is 13.9. The van der Waals surface area contributed by atoms with E-state index >= 15 is 0 Å². The first kappa shape index (κ1) is 29.0. The number of carbonyl (C=O) groups excluding carboxylic acids is 1. The van der Waals surface area contributed by atoms with Gasteiger partial charge in [0.05, 0.1) is 17.8 Å². The van der Waals surface area contributed by atoms with Crippen LogP contribution in [0.4, 0.5) is 10.5 Å². The Morgan fingerprint density at radius 2 is 1.83 bits per heavy atom. The number of nitrogens with zero attached hydrogens (tertiary/aromatic N) is 3. The number of aromatic hydroxyl groups is 1. The summed E-state index contributed by atoms with van der Waals surface area (Å²) in [6, 6.07) is 19.2. The molecule has 0 radical (unpaired) electrons. The Labute approximate surface area is 248 Å². The topological polar surface area (TPSA) is 108 Å². The molecule has 2 aliphatic heterocycles. The second kappa shape index (κ2) is 13.0. The van der Waals surface area contributed by atoms with E-state index in [9.17, 15) is 9.90 Å². The summed E-state index contributed by atoms with van der Waals surface area (Å²) in [5.41, 5.74) is 7.82. The molecule has 2 heterocycles. The van der Waals surface area contributed by atoms with E-state index in [0.29, 0.717) is 36.3 Å². The lowest BCUT2D eigenvalue weighted by atomic mass is 10.1. The van der Waals surface area contributed by atoms with Crippen LogP contribution in [0.15, 0.2) is 71.8 Å². The van der Waals surface area contributed by atoms with Crippen molar-refractivity contribution in [3.8, 4) is 11.5 Å². The molecule has 2 fully saturated rings. The number of rotatable bonds is 8. The van der Waals surface area contributed by atoms with E-state index in [1.54, 1.807) is 36.4 Å². The zero-order chi connectivity index (χ0) is 28.8. The summed E-state index contributed by atoms with van der Waals surface area (Å²) >= 11 is 12.4. The van der Waals surface area contributed by atoms with Gasteiger partial charge in [-0.05, 0) is 73.2 Å². The molecule has 10 nitrogen and oxygen atoms in total. The smallest absolute Gasteiger partial charge is 0.349 e. The number of hydrogen-bond donors (Lipinski definition) is 3. The first-order valence-electron chi connectivity index (χ1n) is 13.2. The van der Waals surface area contributed by atoms with Gasteiger partial charge in [-0.1, -0.05) is 29.3 Å². The summed E-state index contributed by atoms with van der Waals surface area (Å²) in [5, 5.41) is 16.2. The summed E-state index contributed by atoms with van der Waals surface area (Å²) < 4.78 is 18.1. The van der Waals surface area contributed by atoms with Crippen LogP contribution in [-0.4, -0.2) is 67.9 Å². The van der Waals surface area contributed by atoms with Crippen LogP contribution < -0.4 is 20.5 Å². The Bertz CT molecular complexity index is 1370. The number of phenols is 1. The monoisotopic (exact) mass is 599 g/mol. The molecular formula is C29H31Cl2N5O5. The van der Waals surface area contributed by atoms with Crippen molar-refractivity contribution in [3.05, 3.63) is 87.9 Å². The molecule has 0 bridgehead atoms. The summed E-state index contributed by atoms with van der Waals surface area (Å²) in [5.74, 6) is -0.0510. The predicted molar refractivity (Wildman–Crippen MR) is 158 cm³/mol. The highest BCUT2D eigenvalue weighted by Crippen LogP contribution is 2.38. The lowest BCUT2D eigenvalue weighted by molar-refractivity contribution is -0.164. The molecule has 12 heteroatoms. The second-order valence-corrected chi connectivity index (χ2v) is 10.6. The Kier molecular flexibility index (Phi) is 9.16. The second-order valence-electron chi connectivity index (χ2n) is 9.80. The number of ether oxygens (including phenoxy) is 3. The van der Waals surface area contributed by atoms with Gasteiger partial charge < -0.3 is 24.2 Å². The summed E-state index contributed by atoms with van der Waals surface area (Å²) in [4.78, 5) is 14.4. The van der Waals surface area contributed by atoms with Gasteiger partial charge in [0.15, 0.2) is 5.79 Å². The van der Waals surface area contributed by atoms with Crippen molar-refractivity contribution in [2.45, 2.75) is 18.8 Å². The highest BCUT2D eigenvalue weighted by atomic mass is 35.5. The molecule has 0 spiro atoms. The molecule has 3 aromatic carbocycles. The Morgan fingerprint density at radius 1 is 1.10 bits per heavy atom. The number of hydrazone groups is 1. The predicted octanol–water partition coefficient (Wildman–Crippen LogP) is 4.74. The first-order chi connectivity index (χ1) is 19.8. The number of urea groups is 1. The van der Waals surface area contributed by atoms with Crippen molar-refractivity contribution in [3.63, 3.8) is 0 Å². The summed E-state index contributed by atoms with van der Waals surface area (Å²) in [6.45, 7) is 5.37. The number of benzene rings is 3. The van der Waals surface area contributed by atoms with Crippen molar-refractivity contribution in [1.82, 2.24) is 15.9 Å². The van der Waals surface area contributed by atoms with E-state index < -0.39 is 11.8 Å². The molecule has 2 atom stereocenters. The van der Waals surface area contributed by atoms with Crippen molar-refractivity contribution in [2.75, 3.05) is 44.3 Å². The van der Waals surface area contributed by atoms with Crippen LogP contribution in [0.25, 0.3) is 0 Å². The molecule has 3 N–H and O–H groups in total. The van der Waals surface area contributed by atoms with E-state index in [0.717, 1.165) is 35.7 Å². The van der Waals surface area contributed by atoms with Crippen molar-refractivity contribution < 1.29 is 24.1 Å². The number of hydrazine groups is 1. The SMILES string of the molecule is C[C@]1(c2ccc(Cl)cc2Cl)OC[C@@H](COc2ccc(N3CCN(NC(=O)NN=Cc4ccc(O)cc4)CC3)cc2)O1. The number of hydrogen-bond acceptors (Lipinski definition) is 8. The molecular weight excluding hydrogens is 569 g/mol. The highest BCUT2D eigenvalue weighted by Gasteiger charge is 2.40. The highest BCUT2D eigenvalue weighted by molar-refractivity contribution is 6.35. The van der Waals surface area contributed by atoms with Gasteiger partial charge in [0.25, 0.3) is 0 Å². The van der Waals surface area contributed by atoms with E-state index in [1.807, 2.05) is 42.3 Å². The van der Waals surface area contributed by atoms with Crippen LogP contribution in [0, 0.1) is 0 Å². The van der Waals surface area contributed by atoms with Gasteiger partial charge in [-0.15, -0.1) is 0 Å². The van der Waals surface area contributed by atoms with Gasteiger partial charge in [-0.3, -0.25) is 5.43 Å². The van der Waals surface area contributed by atoms with Gasteiger partial charge in [-0.2, -0.15) is 5.10 Å². The number of carbonyl (C=O) groups is 1. The number of halogens is 2. The zero-order valence-electron chi connectivity index (χ0n) is 22.4. The number of amides is 2. The van der Waals surface area contributed by atoms with Crippen LogP contribution in [0.5, 0.6) is 11.5 Å². The van der Waals surface area contributed by atoms with Crippen LogP contribution >= 0.6 is 23.2 Å². The summed E-state index contributed by atoms with van der Waals surface area (Å²) in [6.07, 6.45) is 1.26. The average Bonchev–Trinajstić information content (AvgIpc) is 3.35. The van der Waals surface area contributed by atoms with Gasteiger partial charge >= 0.3 is 6.03 Å². The van der Waals surface area contributed by atoms with Gasteiger partial charge in [-0.25, -0.2) is 15.2 Å². The molecule has 3 aromatic rings. The molecule has 216 valence electrons. The molecule has 2 aliphatic rings. The third kappa shape index (κ3) is 7.60. The van der Waals surface area contributed by atoms with Crippen molar-refractivity contribution in [1.29, 1.82) is 0 Å². The van der Waals surface area contributed by atoms with E-state index in [1.165, 1.54) is 6.21 Å². The van der Waals surface area contributed by atoms with Crippen LogP contribution in [0.3, 0.4) is 0 Å². The maximum Gasteiger partial charge on any atom is 0.349 e. The summed E-state index contributed by atoms with van der Waals surface area (Å²) in [7, 11) is 0. The van der Waals surface area contributed by atoms with Crippen molar-refractivity contribution in [2.24, 2.45) is 5.10 Å². The maximum absolute atomic E-state index is 12.2. The molecule has 0 saturated carbocycles. The largest absolute Gasteiger partial charge is 0.508 e. The minimum Gasteiger partial charge on any atom is -0.508 e. The third-order valence-electron chi connectivity index (χ3n) is 6.81. The Hall–Kier alpha value is -3.54. The van der Waals surface area contributed by atoms with Gasteiger partial charge in [0.2, 0.25) is 0 Å². The average molecular weight is 601 g/mol. The number of phenolic OH excluding ortho intramolecular Hbond substituents is 1. The molecule has 0 aliphatic carbocycles. The molecule has 2 saturated heterocycles. The van der Waals surface area contributed by atoms with E-state index in [-0.39, 0.29) is 11.9 Å². The lowest BCUT2D eigenvalue weighted by Crippen LogP contribution is -2.55. The quantitative estimate of drug-likeness (QED) is 0.253. The Balaban J connectivity index is 1.03. The number of anilines is 1. The lowest BCUT2D eigenvalue weighted by Gasteiger charge is -2.35. The van der Waals surface area contributed by atoms with Crippen LogP contribution in [0.1, 0.15) is 18.1 Å². The van der Waals surface area contributed by atoms with Crippen molar-refractivity contribution >= 4 is 41.1 Å². The third-order valence-corrected chi connectivity index (χ3v) is 7.35. The zero-order valence-corrected chi connectivity index (χ0v) is 23.9. The fourth-order valence-electron chi connectivity index (χ4n) is 4.63. The van der Waals surface area contributed by atoms with Gasteiger partial charge in [0, 0.05) is 42.5 Å². The minimum absolute atomic E-state index is 0.173. The molecule has 0 aromatic heterocycles. The van der Waals surface area contributed by atoms with E-state index in [2.05, 4.69) is 20.9 Å².